The first kappa shape index (κ1) is 18.2. The van der Waals surface area contributed by atoms with Crippen LogP contribution in [0.2, 0.25) is 0 Å². The molecule has 6 nitrogen and oxygen atoms in total. The second-order valence-electron chi connectivity index (χ2n) is 8.35. The van der Waals surface area contributed by atoms with Crippen molar-refractivity contribution >= 4 is 28.5 Å². The minimum atomic E-state index is -0.207. The zero-order chi connectivity index (χ0) is 19.9. The molecule has 4 rings (SSSR count). The SMILES string of the molecule is CC(C)(C)c1ccc(C(=O)Nc2cnc3[nH]cc(C(=O)NC4CC4)c3c2)cc1. The van der Waals surface area contributed by atoms with Gasteiger partial charge in [-0.25, -0.2) is 4.98 Å². The molecule has 144 valence electrons. The molecule has 1 saturated carbocycles. The number of carbonyl (C=O) groups is 2. The number of nitrogens with zero attached hydrogens (tertiary/aromatic N) is 1. The summed E-state index contributed by atoms with van der Waals surface area (Å²) < 4.78 is 0. The van der Waals surface area contributed by atoms with Gasteiger partial charge in [0.1, 0.15) is 5.65 Å². The summed E-state index contributed by atoms with van der Waals surface area (Å²) in [6.07, 6.45) is 5.30. The van der Waals surface area contributed by atoms with Gasteiger partial charge in [-0.05, 0) is 42.0 Å². The van der Waals surface area contributed by atoms with E-state index in [1.807, 2.05) is 24.3 Å². The highest BCUT2D eigenvalue weighted by molar-refractivity contribution is 6.08. The van der Waals surface area contributed by atoms with E-state index >= 15 is 0 Å². The van der Waals surface area contributed by atoms with Gasteiger partial charge in [0, 0.05) is 23.2 Å². The summed E-state index contributed by atoms with van der Waals surface area (Å²) in [5.41, 5.74) is 3.50. The van der Waals surface area contributed by atoms with Crippen molar-refractivity contribution in [2.45, 2.75) is 45.1 Å². The lowest BCUT2D eigenvalue weighted by Crippen LogP contribution is -2.25. The summed E-state index contributed by atoms with van der Waals surface area (Å²) in [7, 11) is 0. The second kappa shape index (κ2) is 6.78. The number of amides is 2. The molecule has 0 unspecified atom stereocenters. The van der Waals surface area contributed by atoms with Crippen molar-refractivity contribution in [3.8, 4) is 0 Å². The van der Waals surface area contributed by atoms with E-state index in [1.165, 1.54) is 5.56 Å². The molecule has 1 aliphatic carbocycles. The molecule has 0 saturated heterocycles. The van der Waals surface area contributed by atoms with Gasteiger partial charge in [-0.2, -0.15) is 0 Å². The number of anilines is 1. The van der Waals surface area contributed by atoms with Gasteiger partial charge in [0.15, 0.2) is 0 Å². The number of nitrogens with one attached hydrogen (secondary N) is 3. The fraction of sp³-hybridized carbons (Fsp3) is 0.318. The number of hydrogen-bond donors (Lipinski definition) is 3. The largest absolute Gasteiger partial charge is 0.349 e. The number of hydrogen-bond acceptors (Lipinski definition) is 3. The van der Waals surface area contributed by atoms with Crippen LogP contribution in [0.4, 0.5) is 5.69 Å². The Bertz CT molecular complexity index is 1040. The lowest BCUT2D eigenvalue weighted by atomic mass is 9.87. The van der Waals surface area contributed by atoms with Crippen molar-refractivity contribution in [3.05, 3.63) is 59.4 Å². The summed E-state index contributed by atoms with van der Waals surface area (Å²) in [6.45, 7) is 6.41. The van der Waals surface area contributed by atoms with E-state index in [4.69, 9.17) is 0 Å². The minimum Gasteiger partial charge on any atom is -0.349 e. The number of fused-ring (bicyclic) bond motifs is 1. The molecule has 1 fully saturated rings. The van der Waals surface area contributed by atoms with Crippen LogP contribution in [0.5, 0.6) is 0 Å². The van der Waals surface area contributed by atoms with Gasteiger partial charge in [0.25, 0.3) is 11.8 Å². The van der Waals surface area contributed by atoms with E-state index in [1.54, 1.807) is 18.5 Å². The number of aromatic amines is 1. The topological polar surface area (TPSA) is 86.9 Å². The number of carbonyl (C=O) groups excluding carboxylic acids is 2. The molecule has 3 N–H and O–H groups in total. The lowest BCUT2D eigenvalue weighted by Gasteiger charge is -2.19. The van der Waals surface area contributed by atoms with Gasteiger partial charge >= 0.3 is 0 Å². The smallest absolute Gasteiger partial charge is 0.255 e. The molecule has 2 amide bonds. The van der Waals surface area contributed by atoms with Crippen LogP contribution >= 0.6 is 0 Å². The Hall–Kier alpha value is -3.15. The van der Waals surface area contributed by atoms with E-state index < -0.39 is 0 Å². The molecular formula is C22H24N4O2. The molecule has 6 heteroatoms. The first-order valence-electron chi connectivity index (χ1n) is 9.51. The lowest BCUT2D eigenvalue weighted by molar-refractivity contribution is 0.0952. The molecular weight excluding hydrogens is 352 g/mol. The van der Waals surface area contributed by atoms with Crippen molar-refractivity contribution in [2.24, 2.45) is 0 Å². The monoisotopic (exact) mass is 376 g/mol. The van der Waals surface area contributed by atoms with E-state index in [0.29, 0.717) is 27.8 Å². The van der Waals surface area contributed by atoms with Crippen LogP contribution in [0.15, 0.2) is 42.7 Å². The van der Waals surface area contributed by atoms with Crippen LogP contribution in [-0.4, -0.2) is 27.8 Å². The molecule has 2 heterocycles. The summed E-state index contributed by atoms with van der Waals surface area (Å²) in [6, 6.07) is 9.66. The van der Waals surface area contributed by atoms with Gasteiger partial charge in [-0.3, -0.25) is 9.59 Å². The molecule has 28 heavy (non-hydrogen) atoms. The van der Waals surface area contributed by atoms with Gasteiger partial charge in [0.05, 0.1) is 17.4 Å². The van der Waals surface area contributed by atoms with Gasteiger partial charge in [-0.1, -0.05) is 32.9 Å². The molecule has 1 aliphatic rings. The number of H-pyrrole nitrogens is 1. The van der Waals surface area contributed by atoms with Crippen molar-refractivity contribution in [1.29, 1.82) is 0 Å². The minimum absolute atomic E-state index is 0.0374. The van der Waals surface area contributed by atoms with Gasteiger partial charge in [0.2, 0.25) is 0 Å². The van der Waals surface area contributed by atoms with Crippen molar-refractivity contribution < 1.29 is 9.59 Å². The molecule has 3 aromatic rings. The van der Waals surface area contributed by atoms with Crippen LogP contribution < -0.4 is 10.6 Å². The summed E-state index contributed by atoms with van der Waals surface area (Å²) in [4.78, 5) is 32.3. The van der Waals surface area contributed by atoms with Crippen molar-refractivity contribution in [2.75, 3.05) is 5.32 Å². The average molecular weight is 376 g/mol. The summed E-state index contributed by atoms with van der Waals surface area (Å²) in [5, 5.41) is 6.54. The van der Waals surface area contributed by atoms with Crippen LogP contribution in [-0.2, 0) is 5.41 Å². The predicted molar refractivity (Wildman–Crippen MR) is 110 cm³/mol. The Morgan fingerprint density at radius 1 is 1.11 bits per heavy atom. The zero-order valence-corrected chi connectivity index (χ0v) is 16.3. The van der Waals surface area contributed by atoms with Crippen LogP contribution in [0, 0.1) is 0 Å². The Labute approximate surface area is 163 Å². The normalized spacial score (nSPS) is 14.1. The highest BCUT2D eigenvalue weighted by Gasteiger charge is 2.25. The zero-order valence-electron chi connectivity index (χ0n) is 16.3. The van der Waals surface area contributed by atoms with Crippen LogP contribution in [0.1, 0.15) is 59.9 Å². The molecule has 1 aromatic carbocycles. The maximum Gasteiger partial charge on any atom is 0.255 e. The third-order valence-electron chi connectivity index (χ3n) is 4.96. The highest BCUT2D eigenvalue weighted by atomic mass is 16.2. The molecule has 2 aromatic heterocycles. The third-order valence-corrected chi connectivity index (χ3v) is 4.96. The molecule has 0 atom stereocenters. The number of pyridine rings is 1. The number of benzene rings is 1. The van der Waals surface area contributed by atoms with E-state index in [0.717, 1.165) is 12.8 Å². The Morgan fingerprint density at radius 2 is 1.82 bits per heavy atom. The van der Waals surface area contributed by atoms with E-state index in [-0.39, 0.29) is 23.3 Å². The van der Waals surface area contributed by atoms with Crippen LogP contribution in [0.3, 0.4) is 0 Å². The number of aromatic nitrogens is 2. The summed E-state index contributed by atoms with van der Waals surface area (Å²) >= 11 is 0. The Kier molecular flexibility index (Phi) is 4.41. The molecule has 0 bridgehead atoms. The van der Waals surface area contributed by atoms with Crippen LogP contribution in [0.25, 0.3) is 11.0 Å². The standard InChI is InChI=1S/C22H24N4O2/c1-22(2,3)14-6-4-13(5-7-14)20(27)26-16-10-17-18(12-24-19(17)23-11-16)21(28)25-15-8-9-15/h4-7,10-12,15H,8-9H2,1-3H3,(H,23,24)(H,25,28)(H,26,27). The maximum absolute atomic E-state index is 12.6. The Morgan fingerprint density at radius 3 is 2.46 bits per heavy atom. The second-order valence-corrected chi connectivity index (χ2v) is 8.35. The van der Waals surface area contributed by atoms with Crippen molar-refractivity contribution in [1.82, 2.24) is 15.3 Å². The van der Waals surface area contributed by atoms with E-state index in [9.17, 15) is 9.59 Å². The fourth-order valence-electron chi connectivity index (χ4n) is 3.08. The first-order chi connectivity index (χ1) is 13.3. The highest BCUT2D eigenvalue weighted by Crippen LogP contribution is 2.25. The number of rotatable bonds is 4. The van der Waals surface area contributed by atoms with E-state index in [2.05, 4.69) is 41.4 Å². The van der Waals surface area contributed by atoms with Crippen molar-refractivity contribution in [3.63, 3.8) is 0 Å². The predicted octanol–water partition coefficient (Wildman–Crippen LogP) is 4.00. The Balaban J connectivity index is 1.54. The first-order valence-corrected chi connectivity index (χ1v) is 9.51. The maximum atomic E-state index is 12.6. The molecule has 0 radical (unpaired) electrons. The summed E-state index contributed by atoms with van der Waals surface area (Å²) in [5.74, 6) is -0.321. The molecule has 0 aliphatic heterocycles. The fourth-order valence-corrected chi connectivity index (χ4v) is 3.08. The quantitative estimate of drug-likeness (QED) is 0.643. The third kappa shape index (κ3) is 3.76. The average Bonchev–Trinajstić information content (AvgIpc) is 3.37. The van der Waals surface area contributed by atoms with Gasteiger partial charge in [-0.15, -0.1) is 0 Å². The molecule has 0 spiro atoms. The van der Waals surface area contributed by atoms with Gasteiger partial charge < -0.3 is 15.6 Å².